The highest BCUT2D eigenvalue weighted by Gasteiger charge is 2.20. The lowest BCUT2D eigenvalue weighted by molar-refractivity contribution is 0.0696. The average Bonchev–Trinajstić information content (AvgIpc) is 3.03. The first-order valence-electron chi connectivity index (χ1n) is 8.49. The number of carboxylic acids is 1. The summed E-state index contributed by atoms with van der Waals surface area (Å²) in [5, 5.41) is 13.6. The highest BCUT2D eigenvalue weighted by atomic mass is 32.2. The van der Waals surface area contributed by atoms with E-state index in [-0.39, 0.29) is 28.0 Å². The first-order chi connectivity index (χ1) is 13.2. The normalized spacial score (nSPS) is 11.7. The molecule has 0 saturated heterocycles. The van der Waals surface area contributed by atoms with E-state index in [0.29, 0.717) is 5.56 Å². The van der Waals surface area contributed by atoms with Gasteiger partial charge in [-0.05, 0) is 37.6 Å². The van der Waals surface area contributed by atoms with E-state index < -0.39 is 16.0 Å². The Morgan fingerprint density at radius 2 is 1.86 bits per heavy atom. The molecule has 146 valence electrons. The Morgan fingerprint density at radius 1 is 1.18 bits per heavy atom. The summed E-state index contributed by atoms with van der Waals surface area (Å²) < 4.78 is 28.9. The molecule has 4 N–H and O–H groups in total. The van der Waals surface area contributed by atoms with E-state index in [9.17, 15) is 18.3 Å². The number of hydrogen-bond donors (Lipinski definition) is 3. The molecular formula is C19H20N4O4S. The van der Waals surface area contributed by atoms with Crippen molar-refractivity contribution in [2.75, 3.05) is 5.73 Å². The molecule has 3 rings (SSSR count). The van der Waals surface area contributed by atoms with Crippen molar-refractivity contribution in [3.05, 3.63) is 60.3 Å². The molecule has 0 aliphatic carbocycles. The van der Waals surface area contributed by atoms with E-state index in [1.807, 2.05) is 30.3 Å². The molecule has 0 atom stereocenters. The first-order valence-corrected chi connectivity index (χ1v) is 9.97. The molecule has 0 amide bonds. The van der Waals surface area contributed by atoms with Gasteiger partial charge in [0, 0.05) is 17.8 Å². The minimum atomic E-state index is -3.89. The zero-order valence-corrected chi connectivity index (χ0v) is 16.1. The number of aromatic nitrogens is 2. The van der Waals surface area contributed by atoms with Gasteiger partial charge in [0.1, 0.15) is 0 Å². The number of sulfonamides is 1. The number of carbonyl (C=O) groups is 1. The number of aromatic carboxylic acids is 1. The maximum absolute atomic E-state index is 12.5. The van der Waals surface area contributed by atoms with E-state index in [0.717, 1.165) is 11.6 Å². The van der Waals surface area contributed by atoms with Gasteiger partial charge in [0.15, 0.2) is 5.82 Å². The van der Waals surface area contributed by atoms with Crippen LogP contribution in [0.15, 0.2) is 59.6 Å². The van der Waals surface area contributed by atoms with E-state index in [2.05, 4.69) is 9.82 Å². The third-order valence-electron chi connectivity index (χ3n) is 3.93. The Balaban J connectivity index is 2.14. The van der Waals surface area contributed by atoms with Gasteiger partial charge in [-0.15, -0.1) is 0 Å². The lowest BCUT2D eigenvalue weighted by Crippen LogP contribution is -2.30. The summed E-state index contributed by atoms with van der Waals surface area (Å²) in [6, 6.07) is 12.8. The second-order valence-electron chi connectivity index (χ2n) is 6.54. The number of nitrogen functional groups attached to an aromatic ring is 1. The van der Waals surface area contributed by atoms with Crippen LogP contribution in [0.3, 0.4) is 0 Å². The number of nitrogens with zero attached hydrogens (tertiary/aromatic N) is 2. The summed E-state index contributed by atoms with van der Waals surface area (Å²) in [7, 11) is -3.89. The molecule has 0 bridgehead atoms. The van der Waals surface area contributed by atoms with Crippen molar-refractivity contribution in [2.24, 2.45) is 0 Å². The van der Waals surface area contributed by atoms with Gasteiger partial charge in [0.05, 0.1) is 16.1 Å². The lowest BCUT2D eigenvalue weighted by Gasteiger charge is -2.12. The number of hydrogen-bond acceptors (Lipinski definition) is 5. The molecule has 9 heteroatoms. The largest absolute Gasteiger partial charge is 0.478 e. The molecule has 8 nitrogen and oxygen atoms in total. The molecule has 2 aromatic carbocycles. The summed E-state index contributed by atoms with van der Waals surface area (Å²) in [6.07, 6.45) is 1.64. The fourth-order valence-electron chi connectivity index (χ4n) is 2.73. The van der Waals surface area contributed by atoms with Crippen molar-refractivity contribution >= 4 is 21.8 Å². The number of anilines is 1. The summed E-state index contributed by atoms with van der Waals surface area (Å²) in [6.45, 7) is 3.36. The van der Waals surface area contributed by atoms with Gasteiger partial charge in [-0.1, -0.05) is 30.3 Å². The summed E-state index contributed by atoms with van der Waals surface area (Å²) in [5.74, 6) is -0.997. The Morgan fingerprint density at radius 3 is 2.46 bits per heavy atom. The number of rotatable bonds is 6. The quantitative estimate of drug-likeness (QED) is 0.583. The third kappa shape index (κ3) is 4.05. The van der Waals surface area contributed by atoms with E-state index in [1.165, 1.54) is 16.8 Å². The molecule has 28 heavy (non-hydrogen) atoms. The van der Waals surface area contributed by atoms with E-state index in [4.69, 9.17) is 5.73 Å². The molecule has 0 fully saturated rings. The predicted octanol–water partition coefficient (Wildman–Crippen LogP) is 2.51. The number of nitrogens with two attached hydrogens (primary N) is 1. The number of carboxylic acid groups (broad SMARTS) is 1. The van der Waals surface area contributed by atoms with E-state index >= 15 is 0 Å². The minimum Gasteiger partial charge on any atom is -0.478 e. The van der Waals surface area contributed by atoms with Crippen molar-refractivity contribution in [3.63, 3.8) is 0 Å². The van der Waals surface area contributed by atoms with Crippen molar-refractivity contribution < 1.29 is 18.3 Å². The van der Waals surface area contributed by atoms with Gasteiger partial charge in [-0.2, -0.15) is 5.10 Å². The molecule has 0 aliphatic rings. The fourth-order valence-corrected chi connectivity index (χ4v) is 4.05. The second kappa shape index (κ2) is 7.45. The fraction of sp³-hybridized carbons (Fsp3) is 0.158. The van der Waals surface area contributed by atoms with Gasteiger partial charge in [-0.3, -0.25) is 0 Å². The van der Waals surface area contributed by atoms with Crippen LogP contribution in [0.4, 0.5) is 5.82 Å². The minimum absolute atomic E-state index is 0.161. The average molecular weight is 400 g/mol. The monoisotopic (exact) mass is 400 g/mol. The lowest BCUT2D eigenvalue weighted by atomic mass is 10.1. The van der Waals surface area contributed by atoms with Crippen LogP contribution in [-0.4, -0.2) is 35.3 Å². The SMILES string of the molecule is CC(C)NS(=O)(=O)c1cc(C(=O)O)cc(-n2cc(-c3ccccc3)c(N)n2)c1. The zero-order chi connectivity index (χ0) is 20.5. The van der Waals surface area contributed by atoms with Crippen LogP contribution in [0.5, 0.6) is 0 Å². The number of benzene rings is 2. The molecule has 1 heterocycles. The first kappa shape index (κ1) is 19.6. The van der Waals surface area contributed by atoms with Gasteiger partial charge >= 0.3 is 5.97 Å². The van der Waals surface area contributed by atoms with Crippen LogP contribution in [0.2, 0.25) is 0 Å². The van der Waals surface area contributed by atoms with Crippen molar-refractivity contribution in [1.29, 1.82) is 0 Å². The van der Waals surface area contributed by atoms with Crippen LogP contribution in [0.1, 0.15) is 24.2 Å². The van der Waals surface area contributed by atoms with Gasteiger partial charge < -0.3 is 10.8 Å². The van der Waals surface area contributed by atoms with Gasteiger partial charge in [0.2, 0.25) is 10.0 Å². The van der Waals surface area contributed by atoms with Crippen LogP contribution in [0, 0.1) is 0 Å². The molecule has 0 aliphatic heterocycles. The maximum atomic E-state index is 12.5. The molecule has 1 aromatic heterocycles. The molecule has 0 spiro atoms. The van der Waals surface area contributed by atoms with E-state index in [1.54, 1.807) is 20.0 Å². The Hall–Kier alpha value is -3.17. The Labute approximate surface area is 162 Å². The summed E-state index contributed by atoms with van der Waals surface area (Å²) >= 11 is 0. The van der Waals surface area contributed by atoms with Gasteiger partial charge in [-0.25, -0.2) is 22.6 Å². The standard InChI is InChI=1S/C19H20N4O4S/c1-12(2)22-28(26,27)16-9-14(19(24)25)8-15(10-16)23-11-17(18(20)21-23)13-6-4-3-5-7-13/h3-12,22H,1-2H3,(H2,20,21)(H,24,25). The van der Waals surface area contributed by atoms with Crippen LogP contribution in [-0.2, 0) is 10.0 Å². The molecule has 0 unspecified atom stereocenters. The van der Waals surface area contributed by atoms with Crippen LogP contribution >= 0.6 is 0 Å². The maximum Gasteiger partial charge on any atom is 0.335 e. The predicted molar refractivity (Wildman–Crippen MR) is 106 cm³/mol. The van der Waals surface area contributed by atoms with Crippen molar-refractivity contribution in [3.8, 4) is 16.8 Å². The highest BCUT2D eigenvalue weighted by Crippen LogP contribution is 2.27. The van der Waals surface area contributed by atoms with Crippen LogP contribution in [0.25, 0.3) is 16.8 Å². The molecular weight excluding hydrogens is 380 g/mol. The zero-order valence-electron chi connectivity index (χ0n) is 15.3. The summed E-state index contributed by atoms with van der Waals surface area (Å²) in [4.78, 5) is 11.3. The van der Waals surface area contributed by atoms with Crippen molar-refractivity contribution in [1.82, 2.24) is 14.5 Å². The Kier molecular flexibility index (Phi) is 5.21. The molecule has 3 aromatic rings. The van der Waals surface area contributed by atoms with Crippen LogP contribution < -0.4 is 10.5 Å². The molecule has 0 radical (unpaired) electrons. The topological polar surface area (TPSA) is 127 Å². The number of nitrogens with one attached hydrogen (secondary N) is 1. The summed E-state index contributed by atoms with van der Waals surface area (Å²) in [5.41, 5.74) is 7.63. The third-order valence-corrected chi connectivity index (χ3v) is 5.57. The highest BCUT2D eigenvalue weighted by molar-refractivity contribution is 7.89. The van der Waals surface area contributed by atoms with Crippen molar-refractivity contribution in [2.45, 2.75) is 24.8 Å². The smallest absolute Gasteiger partial charge is 0.335 e. The molecule has 0 saturated carbocycles. The second-order valence-corrected chi connectivity index (χ2v) is 8.25. The Bertz CT molecular complexity index is 1120. The van der Waals surface area contributed by atoms with Gasteiger partial charge in [0.25, 0.3) is 0 Å².